The standard InChI is InChI=1S/C27H25N3O3S/c31-25(30-32)16-15-20-11-13-22(14-12-20)19-34-27-28-24(23-9-5-2-6-10-23)17-26(29-27)33-18-21-7-3-1-4-8-21/h1-17,26,32H,18-19H2,(H,28,29)(H,30,31)/b16-15+. The van der Waals surface area contributed by atoms with Gasteiger partial charge in [0.2, 0.25) is 0 Å². The molecule has 3 N–H and O–H groups in total. The summed E-state index contributed by atoms with van der Waals surface area (Å²) in [4.78, 5) is 15.9. The van der Waals surface area contributed by atoms with Gasteiger partial charge in [0, 0.05) is 17.5 Å². The van der Waals surface area contributed by atoms with Gasteiger partial charge >= 0.3 is 0 Å². The van der Waals surface area contributed by atoms with Gasteiger partial charge in [-0.2, -0.15) is 0 Å². The van der Waals surface area contributed by atoms with Crippen LogP contribution < -0.4 is 10.8 Å². The van der Waals surface area contributed by atoms with Crippen LogP contribution in [0.25, 0.3) is 11.8 Å². The number of carbonyl (C=O) groups excluding carboxylic acids is 1. The van der Waals surface area contributed by atoms with Crippen LogP contribution >= 0.6 is 11.8 Å². The van der Waals surface area contributed by atoms with Gasteiger partial charge in [0.15, 0.2) is 11.4 Å². The van der Waals surface area contributed by atoms with E-state index in [0.717, 1.165) is 38.9 Å². The lowest BCUT2D eigenvalue weighted by Gasteiger charge is -2.22. The Morgan fingerprint density at radius 2 is 1.71 bits per heavy atom. The average molecular weight is 472 g/mol. The van der Waals surface area contributed by atoms with E-state index in [2.05, 4.69) is 17.4 Å². The van der Waals surface area contributed by atoms with E-state index in [1.54, 1.807) is 23.3 Å². The van der Waals surface area contributed by atoms with Crippen molar-refractivity contribution in [3.63, 3.8) is 0 Å². The Labute approximate surface area is 203 Å². The number of rotatable bonds is 8. The molecule has 1 amide bonds. The first-order chi connectivity index (χ1) is 16.7. The summed E-state index contributed by atoms with van der Waals surface area (Å²) >= 11 is 1.60. The fraction of sp³-hybridized carbons (Fsp3) is 0.111. The molecule has 1 unspecified atom stereocenters. The number of amidine groups is 1. The lowest BCUT2D eigenvalue weighted by molar-refractivity contribution is -0.124. The van der Waals surface area contributed by atoms with Crippen LogP contribution in [0.1, 0.15) is 22.3 Å². The molecule has 1 aliphatic heterocycles. The van der Waals surface area contributed by atoms with Crippen molar-refractivity contribution in [2.45, 2.75) is 18.6 Å². The van der Waals surface area contributed by atoms with Crippen LogP contribution in [-0.2, 0) is 21.9 Å². The quantitative estimate of drug-likeness (QED) is 0.245. The second-order valence-corrected chi connectivity index (χ2v) is 8.50. The van der Waals surface area contributed by atoms with E-state index in [1.807, 2.05) is 78.9 Å². The van der Waals surface area contributed by atoms with Gasteiger partial charge < -0.3 is 10.1 Å². The summed E-state index contributed by atoms with van der Waals surface area (Å²) in [5.41, 5.74) is 6.72. The molecule has 1 heterocycles. The molecule has 1 atom stereocenters. The maximum Gasteiger partial charge on any atom is 0.267 e. The predicted octanol–water partition coefficient (Wildman–Crippen LogP) is 4.98. The highest BCUT2D eigenvalue weighted by atomic mass is 32.2. The van der Waals surface area contributed by atoms with Crippen LogP contribution in [0, 0.1) is 0 Å². The second-order valence-electron chi connectivity index (χ2n) is 7.53. The number of hydrogen-bond acceptors (Lipinski definition) is 6. The minimum absolute atomic E-state index is 0.385. The number of thioether (sulfide) groups is 1. The number of amides is 1. The van der Waals surface area contributed by atoms with Gasteiger partial charge in [0.05, 0.1) is 6.61 Å². The molecule has 172 valence electrons. The molecule has 7 heteroatoms. The Balaban J connectivity index is 1.42. The molecule has 0 bridgehead atoms. The first-order valence-electron chi connectivity index (χ1n) is 10.8. The Morgan fingerprint density at radius 1 is 1.00 bits per heavy atom. The number of nitrogens with zero attached hydrogens (tertiary/aromatic N) is 1. The molecule has 0 saturated carbocycles. The zero-order chi connectivity index (χ0) is 23.6. The van der Waals surface area contributed by atoms with E-state index in [0.29, 0.717) is 6.61 Å². The lowest BCUT2D eigenvalue weighted by atomic mass is 10.1. The van der Waals surface area contributed by atoms with E-state index < -0.39 is 5.91 Å². The smallest absolute Gasteiger partial charge is 0.267 e. The van der Waals surface area contributed by atoms with Crippen molar-refractivity contribution >= 4 is 34.6 Å². The van der Waals surface area contributed by atoms with Crippen molar-refractivity contribution in [1.29, 1.82) is 0 Å². The molecule has 4 rings (SSSR count). The fourth-order valence-corrected chi connectivity index (χ4v) is 4.13. The molecule has 0 aromatic heterocycles. The van der Waals surface area contributed by atoms with E-state index >= 15 is 0 Å². The lowest BCUT2D eigenvalue weighted by Crippen LogP contribution is -2.28. The van der Waals surface area contributed by atoms with Gasteiger partial charge in [-0.15, -0.1) is 0 Å². The van der Waals surface area contributed by atoms with E-state index in [-0.39, 0.29) is 6.23 Å². The maximum absolute atomic E-state index is 11.1. The summed E-state index contributed by atoms with van der Waals surface area (Å²) in [6, 6.07) is 28.1. The zero-order valence-corrected chi connectivity index (χ0v) is 19.2. The molecule has 0 saturated heterocycles. The van der Waals surface area contributed by atoms with E-state index in [4.69, 9.17) is 14.9 Å². The summed E-state index contributed by atoms with van der Waals surface area (Å²) in [5.74, 6) is 0.160. The molecular formula is C27H25N3O3S. The number of hydrogen-bond donors (Lipinski definition) is 3. The van der Waals surface area contributed by atoms with Crippen LogP contribution in [0.15, 0.2) is 102 Å². The maximum atomic E-state index is 11.1. The molecule has 0 radical (unpaired) electrons. The molecule has 3 aromatic rings. The van der Waals surface area contributed by atoms with Crippen molar-refractivity contribution in [3.8, 4) is 0 Å². The first-order valence-corrected chi connectivity index (χ1v) is 11.8. The highest BCUT2D eigenvalue weighted by Crippen LogP contribution is 2.23. The molecule has 34 heavy (non-hydrogen) atoms. The molecule has 0 aliphatic carbocycles. The van der Waals surface area contributed by atoms with E-state index in [1.165, 1.54) is 6.08 Å². The third kappa shape index (κ3) is 6.92. The van der Waals surface area contributed by atoms with Crippen molar-refractivity contribution in [2.24, 2.45) is 4.99 Å². The van der Waals surface area contributed by atoms with Crippen molar-refractivity contribution < 1.29 is 14.7 Å². The highest BCUT2D eigenvalue weighted by Gasteiger charge is 2.17. The van der Waals surface area contributed by atoms with Gasteiger partial charge in [-0.3, -0.25) is 10.0 Å². The third-order valence-electron chi connectivity index (χ3n) is 5.04. The predicted molar refractivity (Wildman–Crippen MR) is 137 cm³/mol. The zero-order valence-electron chi connectivity index (χ0n) is 18.4. The molecule has 1 aliphatic rings. The second kappa shape index (κ2) is 12.0. The normalized spacial score (nSPS) is 15.4. The molecule has 6 nitrogen and oxygen atoms in total. The van der Waals surface area contributed by atoms with Gasteiger partial charge in [0.1, 0.15) is 0 Å². The van der Waals surface area contributed by atoms with Crippen molar-refractivity contribution in [3.05, 3.63) is 119 Å². The molecule has 0 spiro atoms. The van der Waals surface area contributed by atoms with Crippen LogP contribution in [0.4, 0.5) is 0 Å². The summed E-state index contributed by atoms with van der Waals surface area (Å²) in [5, 5.41) is 12.8. The summed E-state index contributed by atoms with van der Waals surface area (Å²) < 4.78 is 6.10. The molecular weight excluding hydrogens is 446 g/mol. The van der Waals surface area contributed by atoms with Crippen LogP contribution in [0.5, 0.6) is 0 Å². The molecule has 3 aromatic carbocycles. The van der Waals surface area contributed by atoms with Crippen LogP contribution in [0.2, 0.25) is 0 Å². The minimum atomic E-state index is -0.563. The monoisotopic (exact) mass is 471 g/mol. The number of carbonyl (C=O) groups is 1. The van der Waals surface area contributed by atoms with E-state index in [9.17, 15) is 4.79 Å². The largest absolute Gasteiger partial charge is 0.348 e. The number of hydroxylamine groups is 1. The van der Waals surface area contributed by atoms with Gasteiger partial charge in [-0.1, -0.05) is 96.7 Å². The fourth-order valence-electron chi connectivity index (χ4n) is 3.27. The number of nitrogens with one attached hydrogen (secondary N) is 2. The number of ether oxygens (including phenoxy) is 1. The Morgan fingerprint density at radius 3 is 2.41 bits per heavy atom. The van der Waals surface area contributed by atoms with Crippen molar-refractivity contribution in [2.75, 3.05) is 0 Å². The summed E-state index contributed by atoms with van der Waals surface area (Å²) in [6.45, 7) is 0.481. The topological polar surface area (TPSA) is 83.0 Å². The Kier molecular flexibility index (Phi) is 8.29. The summed E-state index contributed by atoms with van der Waals surface area (Å²) in [6.07, 6.45) is 4.54. The van der Waals surface area contributed by atoms with Crippen LogP contribution in [0.3, 0.4) is 0 Å². The Hall–Kier alpha value is -3.65. The summed E-state index contributed by atoms with van der Waals surface area (Å²) in [7, 11) is 0. The number of benzene rings is 3. The first kappa shape index (κ1) is 23.5. The van der Waals surface area contributed by atoms with Crippen molar-refractivity contribution in [1.82, 2.24) is 10.8 Å². The van der Waals surface area contributed by atoms with Crippen LogP contribution in [-0.4, -0.2) is 22.5 Å². The average Bonchev–Trinajstić information content (AvgIpc) is 2.91. The van der Waals surface area contributed by atoms with Gasteiger partial charge in [-0.25, -0.2) is 10.5 Å². The molecule has 0 fully saturated rings. The Bertz CT molecular complexity index is 1180. The SMILES string of the molecule is O=C(/C=C/c1ccc(CSC2=NC(OCc3ccccc3)C=C(c3ccccc3)N2)cc1)NO. The third-order valence-corrected chi connectivity index (χ3v) is 5.99. The van der Waals surface area contributed by atoms with Gasteiger partial charge in [-0.05, 0) is 34.4 Å². The minimum Gasteiger partial charge on any atom is -0.348 e. The highest BCUT2D eigenvalue weighted by molar-refractivity contribution is 8.13. The number of aliphatic imine (C=N–C) groups is 1. The van der Waals surface area contributed by atoms with Gasteiger partial charge in [0.25, 0.3) is 5.91 Å².